The summed E-state index contributed by atoms with van der Waals surface area (Å²) in [5.74, 6) is 0.110. The average molecular weight is 305 g/mol. The fraction of sp³-hybridized carbons (Fsp3) is 0.286. The molecule has 23 heavy (non-hydrogen) atoms. The van der Waals surface area contributed by atoms with Crippen LogP contribution in [-0.4, -0.2) is 12.5 Å². The first-order valence-corrected chi connectivity index (χ1v) is 8.11. The minimum absolute atomic E-state index is 0.00829. The Hall–Kier alpha value is -2.35. The molecule has 1 amide bonds. The van der Waals surface area contributed by atoms with E-state index in [2.05, 4.69) is 74.3 Å². The summed E-state index contributed by atoms with van der Waals surface area (Å²) in [5.41, 5.74) is 4.74. The summed E-state index contributed by atoms with van der Waals surface area (Å²) >= 11 is 0. The van der Waals surface area contributed by atoms with Crippen LogP contribution in [0.3, 0.4) is 0 Å². The van der Waals surface area contributed by atoms with Gasteiger partial charge in [-0.05, 0) is 31.4 Å². The molecular weight excluding hydrogens is 282 g/mol. The first-order chi connectivity index (χ1) is 11.1. The van der Waals surface area contributed by atoms with Crippen LogP contribution in [0.4, 0.5) is 0 Å². The molecule has 2 nitrogen and oxygen atoms in total. The average Bonchev–Trinajstić information content (AvgIpc) is 3.30. The van der Waals surface area contributed by atoms with Crippen LogP contribution in [0.2, 0.25) is 0 Å². The lowest BCUT2D eigenvalue weighted by atomic mass is 9.84. The minimum Gasteiger partial charge on any atom is -0.352 e. The van der Waals surface area contributed by atoms with Gasteiger partial charge in [0.2, 0.25) is 5.91 Å². The van der Waals surface area contributed by atoms with Gasteiger partial charge in [0.05, 0.1) is 5.92 Å². The Bertz CT molecular complexity index is 702. The van der Waals surface area contributed by atoms with Crippen LogP contribution in [-0.2, 0) is 10.2 Å². The molecule has 0 saturated heterocycles. The summed E-state index contributed by atoms with van der Waals surface area (Å²) in [6.07, 6.45) is 2.59. The summed E-state index contributed by atoms with van der Waals surface area (Å²) in [7, 11) is 0. The fourth-order valence-electron chi connectivity index (χ4n) is 3.53. The molecule has 2 aromatic rings. The standard InChI is InChI=1S/C21H23NO/c1-4-11-22-20(23)19-14-21(19,17-9-5-7-15(2)12-17)18-10-6-8-16(3)13-18/h4-10,12-13,19H,1,11,14H2,2-3H3,(H,22,23)/t19-/m1/s1. The van der Waals surface area contributed by atoms with E-state index < -0.39 is 0 Å². The van der Waals surface area contributed by atoms with E-state index in [-0.39, 0.29) is 17.2 Å². The van der Waals surface area contributed by atoms with Gasteiger partial charge < -0.3 is 5.32 Å². The van der Waals surface area contributed by atoms with E-state index in [9.17, 15) is 4.79 Å². The molecule has 1 N–H and O–H groups in total. The molecule has 1 fully saturated rings. The quantitative estimate of drug-likeness (QED) is 0.834. The molecule has 118 valence electrons. The monoisotopic (exact) mass is 305 g/mol. The third-order valence-corrected chi connectivity index (χ3v) is 4.76. The van der Waals surface area contributed by atoms with Gasteiger partial charge in [0.1, 0.15) is 0 Å². The van der Waals surface area contributed by atoms with Crippen LogP contribution in [0.1, 0.15) is 28.7 Å². The third kappa shape index (κ3) is 2.81. The van der Waals surface area contributed by atoms with Gasteiger partial charge in [-0.15, -0.1) is 6.58 Å². The smallest absolute Gasteiger partial charge is 0.224 e. The molecule has 0 heterocycles. The molecule has 0 unspecified atom stereocenters. The second-order valence-corrected chi connectivity index (χ2v) is 6.50. The molecule has 0 radical (unpaired) electrons. The number of rotatable bonds is 5. The predicted octanol–water partition coefficient (Wildman–Crippen LogP) is 3.91. The number of benzene rings is 2. The van der Waals surface area contributed by atoms with Gasteiger partial charge in [0, 0.05) is 12.0 Å². The Morgan fingerprint density at radius 1 is 1.17 bits per heavy atom. The Kier molecular flexibility index (Phi) is 4.08. The van der Waals surface area contributed by atoms with Crippen molar-refractivity contribution < 1.29 is 4.79 Å². The van der Waals surface area contributed by atoms with Crippen molar-refractivity contribution in [3.8, 4) is 0 Å². The minimum atomic E-state index is -0.191. The third-order valence-electron chi connectivity index (χ3n) is 4.76. The first kappa shape index (κ1) is 15.5. The van der Waals surface area contributed by atoms with Crippen molar-refractivity contribution in [1.29, 1.82) is 0 Å². The second kappa shape index (κ2) is 6.04. The summed E-state index contributed by atoms with van der Waals surface area (Å²) < 4.78 is 0. The topological polar surface area (TPSA) is 29.1 Å². The highest BCUT2D eigenvalue weighted by Gasteiger charge is 2.60. The van der Waals surface area contributed by atoms with Crippen molar-refractivity contribution in [2.24, 2.45) is 5.92 Å². The van der Waals surface area contributed by atoms with E-state index in [0.717, 1.165) is 6.42 Å². The number of carbonyl (C=O) groups is 1. The molecule has 0 aromatic heterocycles. The van der Waals surface area contributed by atoms with Gasteiger partial charge in [-0.3, -0.25) is 4.79 Å². The van der Waals surface area contributed by atoms with E-state index in [4.69, 9.17) is 0 Å². The van der Waals surface area contributed by atoms with Gasteiger partial charge in [-0.1, -0.05) is 65.7 Å². The molecule has 1 aliphatic rings. The Morgan fingerprint density at radius 2 is 1.74 bits per heavy atom. The van der Waals surface area contributed by atoms with E-state index in [0.29, 0.717) is 6.54 Å². The first-order valence-electron chi connectivity index (χ1n) is 8.11. The number of nitrogens with one attached hydrogen (secondary N) is 1. The Balaban J connectivity index is 2.02. The van der Waals surface area contributed by atoms with Gasteiger partial charge in [0.15, 0.2) is 0 Å². The second-order valence-electron chi connectivity index (χ2n) is 6.50. The fourth-order valence-corrected chi connectivity index (χ4v) is 3.53. The molecule has 3 rings (SSSR count). The largest absolute Gasteiger partial charge is 0.352 e. The van der Waals surface area contributed by atoms with Crippen molar-refractivity contribution in [2.75, 3.05) is 6.54 Å². The van der Waals surface area contributed by atoms with Gasteiger partial charge >= 0.3 is 0 Å². The number of hydrogen-bond donors (Lipinski definition) is 1. The van der Waals surface area contributed by atoms with E-state index in [1.807, 2.05) is 0 Å². The van der Waals surface area contributed by atoms with Crippen LogP contribution in [0.15, 0.2) is 61.2 Å². The molecule has 1 aliphatic carbocycles. The maximum atomic E-state index is 12.5. The summed E-state index contributed by atoms with van der Waals surface area (Å²) in [5, 5.41) is 2.96. The van der Waals surface area contributed by atoms with E-state index in [1.165, 1.54) is 22.3 Å². The van der Waals surface area contributed by atoms with Crippen LogP contribution in [0, 0.1) is 19.8 Å². The number of amides is 1. The van der Waals surface area contributed by atoms with Crippen molar-refractivity contribution in [3.63, 3.8) is 0 Å². The van der Waals surface area contributed by atoms with Crippen LogP contribution in [0.25, 0.3) is 0 Å². The number of aryl methyl sites for hydroxylation is 2. The Labute approximate surface area is 138 Å². The molecule has 0 aliphatic heterocycles. The van der Waals surface area contributed by atoms with Crippen molar-refractivity contribution in [2.45, 2.75) is 25.7 Å². The van der Waals surface area contributed by atoms with E-state index in [1.54, 1.807) is 6.08 Å². The highest BCUT2D eigenvalue weighted by molar-refractivity contribution is 5.86. The van der Waals surface area contributed by atoms with Gasteiger partial charge in [-0.2, -0.15) is 0 Å². The van der Waals surface area contributed by atoms with Gasteiger partial charge in [-0.25, -0.2) is 0 Å². The molecule has 0 bridgehead atoms. The SMILES string of the molecule is C=CCNC(=O)[C@H]1CC1(c1cccc(C)c1)c1cccc(C)c1. The van der Waals surface area contributed by atoms with E-state index >= 15 is 0 Å². The highest BCUT2D eigenvalue weighted by atomic mass is 16.2. The van der Waals surface area contributed by atoms with Crippen molar-refractivity contribution >= 4 is 5.91 Å². The normalized spacial score (nSPS) is 18.3. The number of carbonyl (C=O) groups excluding carboxylic acids is 1. The maximum Gasteiger partial charge on any atom is 0.224 e. The lowest BCUT2D eigenvalue weighted by molar-refractivity contribution is -0.122. The number of hydrogen-bond acceptors (Lipinski definition) is 1. The summed E-state index contributed by atoms with van der Waals surface area (Å²) in [4.78, 5) is 12.5. The van der Waals surface area contributed by atoms with Gasteiger partial charge in [0.25, 0.3) is 0 Å². The maximum absolute atomic E-state index is 12.5. The predicted molar refractivity (Wildman–Crippen MR) is 94.5 cm³/mol. The molecular formula is C21H23NO. The molecule has 1 saturated carbocycles. The summed E-state index contributed by atoms with van der Waals surface area (Å²) in [6.45, 7) is 8.39. The van der Waals surface area contributed by atoms with Crippen LogP contribution < -0.4 is 5.32 Å². The molecule has 1 atom stereocenters. The van der Waals surface area contributed by atoms with Crippen molar-refractivity contribution in [1.82, 2.24) is 5.32 Å². The lowest BCUT2D eigenvalue weighted by Crippen LogP contribution is -2.29. The van der Waals surface area contributed by atoms with Crippen LogP contribution in [0.5, 0.6) is 0 Å². The summed E-state index contributed by atoms with van der Waals surface area (Å²) in [6, 6.07) is 17.1. The Morgan fingerprint density at radius 3 is 2.22 bits per heavy atom. The zero-order chi connectivity index (χ0) is 16.4. The zero-order valence-corrected chi connectivity index (χ0v) is 13.8. The molecule has 2 aromatic carbocycles. The zero-order valence-electron chi connectivity index (χ0n) is 13.8. The highest BCUT2D eigenvalue weighted by Crippen LogP contribution is 2.59. The lowest BCUT2D eigenvalue weighted by Gasteiger charge is -2.20. The molecule has 2 heteroatoms. The molecule has 0 spiro atoms. The van der Waals surface area contributed by atoms with Crippen LogP contribution >= 0.6 is 0 Å². The van der Waals surface area contributed by atoms with Crippen molar-refractivity contribution in [3.05, 3.63) is 83.4 Å².